The van der Waals surface area contributed by atoms with E-state index in [1.807, 2.05) is 45.0 Å². The SMILES string of the molecule is Cc1cc(C)c(C#N)c(SC(C)C(=O)c2ccccc2)n1. The Kier molecular flexibility index (Phi) is 4.77. The molecule has 1 unspecified atom stereocenters. The molecule has 0 saturated heterocycles. The first kappa shape index (κ1) is 15.3. The van der Waals surface area contributed by atoms with Gasteiger partial charge in [-0.25, -0.2) is 4.98 Å². The number of pyridine rings is 1. The lowest BCUT2D eigenvalue weighted by atomic mass is 10.1. The summed E-state index contributed by atoms with van der Waals surface area (Å²) in [5, 5.41) is 9.62. The number of hydrogen-bond acceptors (Lipinski definition) is 4. The number of thioether (sulfide) groups is 1. The molecule has 0 aliphatic rings. The topological polar surface area (TPSA) is 53.8 Å². The maximum absolute atomic E-state index is 12.4. The summed E-state index contributed by atoms with van der Waals surface area (Å²) in [7, 11) is 0. The first-order chi connectivity index (χ1) is 10.0. The highest BCUT2D eigenvalue weighted by atomic mass is 32.2. The molecule has 4 heteroatoms. The Morgan fingerprint density at radius 3 is 2.57 bits per heavy atom. The molecular weight excluding hydrogens is 280 g/mol. The predicted molar refractivity (Wildman–Crippen MR) is 84.5 cm³/mol. The zero-order valence-electron chi connectivity index (χ0n) is 12.3. The third-order valence-corrected chi connectivity index (χ3v) is 4.23. The maximum atomic E-state index is 12.4. The molecule has 1 aromatic carbocycles. The van der Waals surface area contributed by atoms with Crippen LogP contribution in [-0.4, -0.2) is 16.0 Å². The zero-order chi connectivity index (χ0) is 15.4. The van der Waals surface area contributed by atoms with Gasteiger partial charge in [0.05, 0.1) is 10.8 Å². The molecule has 2 rings (SSSR count). The van der Waals surface area contributed by atoms with Crippen molar-refractivity contribution in [3.63, 3.8) is 0 Å². The van der Waals surface area contributed by atoms with Crippen molar-refractivity contribution in [3.05, 3.63) is 58.8 Å². The number of hydrogen-bond donors (Lipinski definition) is 0. The van der Waals surface area contributed by atoms with Gasteiger partial charge >= 0.3 is 0 Å². The second-order valence-corrected chi connectivity index (χ2v) is 6.19. The monoisotopic (exact) mass is 296 g/mol. The van der Waals surface area contributed by atoms with E-state index in [1.165, 1.54) is 11.8 Å². The van der Waals surface area contributed by atoms with Gasteiger partial charge < -0.3 is 0 Å². The smallest absolute Gasteiger partial charge is 0.175 e. The van der Waals surface area contributed by atoms with E-state index < -0.39 is 0 Å². The Morgan fingerprint density at radius 1 is 1.29 bits per heavy atom. The largest absolute Gasteiger partial charge is 0.293 e. The lowest BCUT2D eigenvalue weighted by molar-refractivity contribution is 0.0994. The van der Waals surface area contributed by atoms with E-state index >= 15 is 0 Å². The first-order valence-corrected chi connectivity index (χ1v) is 7.55. The van der Waals surface area contributed by atoms with Gasteiger partial charge in [0, 0.05) is 11.3 Å². The number of carbonyl (C=O) groups excluding carboxylic acids is 1. The van der Waals surface area contributed by atoms with Crippen molar-refractivity contribution in [1.82, 2.24) is 4.98 Å². The molecule has 1 heterocycles. The van der Waals surface area contributed by atoms with Gasteiger partial charge in [-0.15, -0.1) is 0 Å². The fourth-order valence-corrected chi connectivity index (χ4v) is 3.18. The third-order valence-electron chi connectivity index (χ3n) is 3.14. The van der Waals surface area contributed by atoms with E-state index in [0.717, 1.165) is 11.3 Å². The van der Waals surface area contributed by atoms with Crippen molar-refractivity contribution in [2.75, 3.05) is 0 Å². The molecular formula is C17H16N2OS. The lowest BCUT2D eigenvalue weighted by Gasteiger charge is -2.12. The summed E-state index contributed by atoms with van der Waals surface area (Å²) in [6, 6.07) is 13.2. The standard InChI is InChI=1S/C17H16N2OS/c1-11-9-12(2)19-17(15(11)10-18)21-13(3)16(20)14-7-5-4-6-8-14/h4-9,13H,1-3H3. The Labute approximate surface area is 129 Å². The van der Waals surface area contributed by atoms with E-state index in [0.29, 0.717) is 16.2 Å². The number of aromatic nitrogens is 1. The van der Waals surface area contributed by atoms with Crippen molar-refractivity contribution in [2.45, 2.75) is 31.0 Å². The second kappa shape index (κ2) is 6.55. The summed E-state index contributed by atoms with van der Waals surface area (Å²) in [6.45, 7) is 5.63. The van der Waals surface area contributed by atoms with Gasteiger partial charge in [-0.3, -0.25) is 4.79 Å². The van der Waals surface area contributed by atoms with Gasteiger partial charge in [0.1, 0.15) is 11.1 Å². The fourth-order valence-electron chi connectivity index (χ4n) is 2.08. The number of aryl methyl sites for hydroxylation is 2. The molecule has 0 aliphatic heterocycles. The van der Waals surface area contributed by atoms with Crippen LogP contribution in [0.1, 0.15) is 34.1 Å². The van der Waals surface area contributed by atoms with Crippen molar-refractivity contribution < 1.29 is 4.79 Å². The summed E-state index contributed by atoms with van der Waals surface area (Å²) in [6.07, 6.45) is 0. The van der Waals surface area contributed by atoms with Crippen LogP contribution in [0.25, 0.3) is 0 Å². The normalized spacial score (nSPS) is 11.7. The molecule has 0 radical (unpaired) electrons. The number of nitrogens with zero attached hydrogens (tertiary/aromatic N) is 2. The van der Waals surface area contributed by atoms with Crippen LogP contribution in [0.2, 0.25) is 0 Å². The van der Waals surface area contributed by atoms with Crippen LogP contribution in [0.4, 0.5) is 0 Å². The second-order valence-electron chi connectivity index (χ2n) is 4.86. The Bertz CT molecular complexity index is 705. The minimum Gasteiger partial charge on any atom is -0.293 e. The molecule has 21 heavy (non-hydrogen) atoms. The number of carbonyl (C=O) groups is 1. The number of ketones is 1. The van der Waals surface area contributed by atoms with Gasteiger partial charge in [-0.2, -0.15) is 5.26 Å². The van der Waals surface area contributed by atoms with E-state index in [9.17, 15) is 10.1 Å². The summed E-state index contributed by atoms with van der Waals surface area (Å²) in [5.41, 5.74) is 2.99. The molecule has 0 fully saturated rings. The van der Waals surface area contributed by atoms with Gasteiger partial charge in [0.15, 0.2) is 5.78 Å². The summed E-state index contributed by atoms with van der Waals surface area (Å²) in [5.74, 6) is 0.0467. The van der Waals surface area contributed by atoms with Gasteiger partial charge in [-0.05, 0) is 32.4 Å². The minimum absolute atomic E-state index is 0.0467. The third kappa shape index (κ3) is 3.50. The number of nitriles is 1. The summed E-state index contributed by atoms with van der Waals surface area (Å²) < 4.78 is 0. The quantitative estimate of drug-likeness (QED) is 0.633. The lowest BCUT2D eigenvalue weighted by Crippen LogP contribution is -2.14. The number of Topliss-reactive ketones (excluding diaryl/α,β-unsaturated/α-hetero) is 1. The van der Waals surface area contributed by atoms with E-state index in [2.05, 4.69) is 11.1 Å². The van der Waals surface area contributed by atoms with E-state index in [1.54, 1.807) is 12.1 Å². The minimum atomic E-state index is -0.284. The Balaban J connectivity index is 2.26. The van der Waals surface area contributed by atoms with Gasteiger partial charge in [0.2, 0.25) is 0 Å². The number of benzene rings is 1. The Morgan fingerprint density at radius 2 is 1.95 bits per heavy atom. The van der Waals surface area contributed by atoms with Crippen LogP contribution < -0.4 is 0 Å². The molecule has 0 spiro atoms. The summed E-state index contributed by atoms with van der Waals surface area (Å²) >= 11 is 1.34. The van der Waals surface area contributed by atoms with Crippen LogP contribution in [0, 0.1) is 25.2 Å². The molecule has 106 valence electrons. The zero-order valence-corrected chi connectivity index (χ0v) is 13.1. The van der Waals surface area contributed by atoms with Crippen LogP contribution in [0.5, 0.6) is 0 Å². The van der Waals surface area contributed by atoms with Gasteiger partial charge in [-0.1, -0.05) is 42.1 Å². The molecule has 0 aliphatic carbocycles. The van der Waals surface area contributed by atoms with Gasteiger partial charge in [0.25, 0.3) is 0 Å². The maximum Gasteiger partial charge on any atom is 0.175 e. The Hall–Kier alpha value is -2.12. The van der Waals surface area contributed by atoms with Crippen molar-refractivity contribution in [1.29, 1.82) is 5.26 Å². The molecule has 0 saturated carbocycles. The van der Waals surface area contributed by atoms with E-state index in [4.69, 9.17) is 0 Å². The van der Waals surface area contributed by atoms with Crippen molar-refractivity contribution >= 4 is 17.5 Å². The van der Waals surface area contributed by atoms with E-state index in [-0.39, 0.29) is 11.0 Å². The molecule has 2 aromatic rings. The first-order valence-electron chi connectivity index (χ1n) is 6.67. The van der Waals surface area contributed by atoms with Crippen LogP contribution in [0.15, 0.2) is 41.4 Å². The molecule has 1 aromatic heterocycles. The van der Waals surface area contributed by atoms with Crippen LogP contribution >= 0.6 is 11.8 Å². The molecule has 0 N–H and O–H groups in total. The van der Waals surface area contributed by atoms with Crippen molar-refractivity contribution in [3.8, 4) is 6.07 Å². The van der Waals surface area contributed by atoms with Crippen LogP contribution in [-0.2, 0) is 0 Å². The predicted octanol–water partition coefficient (Wildman–Crippen LogP) is 3.93. The highest BCUT2D eigenvalue weighted by Gasteiger charge is 2.19. The fraction of sp³-hybridized carbons (Fsp3) is 0.235. The highest BCUT2D eigenvalue weighted by Crippen LogP contribution is 2.28. The molecule has 1 atom stereocenters. The molecule has 0 amide bonds. The molecule has 3 nitrogen and oxygen atoms in total. The van der Waals surface area contributed by atoms with Crippen LogP contribution in [0.3, 0.4) is 0 Å². The average molecular weight is 296 g/mol. The average Bonchev–Trinajstić information content (AvgIpc) is 2.47. The summed E-state index contributed by atoms with van der Waals surface area (Å²) in [4.78, 5) is 16.8. The highest BCUT2D eigenvalue weighted by molar-refractivity contribution is 8.00. The number of rotatable bonds is 4. The molecule has 0 bridgehead atoms. The van der Waals surface area contributed by atoms with Crippen molar-refractivity contribution in [2.24, 2.45) is 0 Å².